The van der Waals surface area contributed by atoms with E-state index in [1.165, 1.54) is 0 Å². The lowest BCUT2D eigenvalue weighted by atomic mass is 10.2. The first-order valence-corrected chi connectivity index (χ1v) is 9.01. The Balaban J connectivity index is 1.65. The molecule has 0 saturated carbocycles. The number of benzene rings is 2. The third-order valence-corrected chi connectivity index (χ3v) is 4.12. The van der Waals surface area contributed by atoms with E-state index < -0.39 is 17.8 Å². The lowest BCUT2D eigenvalue weighted by Crippen LogP contribution is -2.38. The van der Waals surface area contributed by atoms with Crippen molar-refractivity contribution >= 4 is 29.6 Å². The van der Waals surface area contributed by atoms with Crippen LogP contribution in [-0.4, -0.2) is 35.9 Å². The number of hydrogen-bond donors (Lipinski definition) is 2. The topological polar surface area (TPSA) is 87.7 Å². The fraction of sp³-hybridized carbons (Fsp3) is 0.136. The molecule has 0 aliphatic carbocycles. The van der Waals surface area contributed by atoms with Crippen molar-refractivity contribution in [2.24, 2.45) is 0 Å². The predicted molar refractivity (Wildman–Crippen MR) is 110 cm³/mol. The summed E-state index contributed by atoms with van der Waals surface area (Å²) in [5.74, 6) is -0.339. The van der Waals surface area contributed by atoms with Gasteiger partial charge in [0.25, 0.3) is 5.91 Å². The van der Waals surface area contributed by atoms with Crippen molar-refractivity contribution in [2.45, 2.75) is 6.92 Å². The van der Waals surface area contributed by atoms with E-state index in [1.807, 2.05) is 19.1 Å². The molecule has 0 aromatic heterocycles. The van der Waals surface area contributed by atoms with E-state index in [-0.39, 0.29) is 12.2 Å². The molecule has 2 N–H and O–H groups in total. The monoisotopic (exact) mass is 391 g/mol. The van der Waals surface area contributed by atoms with Crippen molar-refractivity contribution < 1.29 is 19.1 Å². The van der Waals surface area contributed by atoms with Gasteiger partial charge in [0, 0.05) is 5.69 Å². The molecule has 0 radical (unpaired) electrons. The Labute approximate surface area is 168 Å². The predicted octanol–water partition coefficient (Wildman–Crippen LogP) is 3.09. The Hall–Kier alpha value is -3.87. The number of ether oxygens (including phenoxy) is 1. The van der Waals surface area contributed by atoms with Crippen LogP contribution in [0.1, 0.15) is 11.1 Å². The average Bonchev–Trinajstić information content (AvgIpc) is 2.95. The van der Waals surface area contributed by atoms with Crippen molar-refractivity contribution in [3.05, 3.63) is 78.0 Å². The molecular formula is C22H21N3O4. The van der Waals surface area contributed by atoms with Crippen LogP contribution >= 0.6 is 0 Å². The van der Waals surface area contributed by atoms with Gasteiger partial charge in [-0.15, -0.1) is 0 Å². The van der Waals surface area contributed by atoms with Gasteiger partial charge in [-0.3, -0.25) is 9.59 Å². The Bertz CT molecular complexity index is 980. The van der Waals surface area contributed by atoms with E-state index in [9.17, 15) is 14.4 Å². The second kappa shape index (κ2) is 8.88. The quantitative estimate of drug-likeness (QED) is 0.431. The molecule has 0 spiro atoms. The number of aryl methyl sites for hydroxylation is 1. The van der Waals surface area contributed by atoms with Crippen LogP contribution in [0.25, 0.3) is 6.08 Å². The molecule has 0 atom stereocenters. The summed E-state index contributed by atoms with van der Waals surface area (Å²) in [6, 6.07) is 13.7. The Morgan fingerprint density at radius 2 is 1.97 bits per heavy atom. The van der Waals surface area contributed by atoms with Gasteiger partial charge < -0.3 is 15.4 Å². The van der Waals surface area contributed by atoms with Crippen LogP contribution in [-0.2, 0) is 9.59 Å². The molecule has 7 heteroatoms. The van der Waals surface area contributed by atoms with Crippen LogP contribution in [0.3, 0.4) is 0 Å². The van der Waals surface area contributed by atoms with Crippen LogP contribution in [0.4, 0.5) is 10.5 Å². The minimum Gasteiger partial charge on any atom is -0.490 e. The molecule has 1 heterocycles. The van der Waals surface area contributed by atoms with E-state index in [0.717, 1.165) is 10.5 Å². The summed E-state index contributed by atoms with van der Waals surface area (Å²) in [4.78, 5) is 37.8. The number of rotatable bonds is 7. The van der Waals surface area contributed by atoms with Gasteiger partial charge in [-0.05, 0) is 48.4 Å². The highest BCUT2D eigenvalue weighted by Crippen LogP contribution is 2.17. The van der Waals surface area contributed by atoms with Crippen LogP contribution in [0, 0.1) is 6.92 Å². The second-order valence-corrected chi connectivity index (χ2v) is 6.47. The van der Waals surface area contributed by atoms with Crippen LogP contribution in [0.5, 0.6) is 5.75 Å². The summed E-state index contributed by atoms with van der Waals surface area (Å²) in [6.45, 7) is 5.52. The largest absolute Gasteiger partial charge is 0.490 e. The molecule has 1 fully saturated rings. The SMILES string of the molecule is C=CCOc1ccc(/C=C2/NC(=O)N(CC(=O)Nc3cccc(C)c3)C2=O)cc1. The maximum absolute atomic E-state index is 12.5. The third-order valence-electron chi connectivity index (χ3n) is 4.12. The summed E-state index contributed by atoms with van der Waals surface area (Å²) in [6.07, 6.45) is 3.20. The molecule has 4 amide bonds. The fourth-order valence-corrected chi connectivity index (χ4v) is 2.76. The molecule has 1 aliphatic heterocycles. The Kier molecular flexibility index (Phi) is 6.09. The van der Waals surface area contributed by atoms with E-state index in [2.05, 4.69) is 17.2 Å². The van der Waals surface area contributed by atoms with Crippen molar-refractivity contribution in [2.75, 3.05) is 18.5 Å². The zero-order valence-corrected chi connectivity index (χ0v) is 16.0. The molecule has 29 heavy (non-hydrogen) atoms. The molecule has 1 saturated heterocycles. The maximum atomic E-state index is 12.5. The van der Waals surface area contributed by atoms with Crippen molar-refractivity contribution in [1.82, 2.24) is 10.2 Å². The number of urea groups is 1. The fourth-order valence-electron chi connectivity index (χ4n) is 2.76. The van der Waals surface area contributed by atoms with Gasteiger partial charge in [-0.2, -0.15) is 0 Å². The lowest BCUT2D eigenvalue weighted by Gasteiger charge is -2.12. The number of imide groups is 1. The molecule has 0 bridgehead atoms. The molecular weight excluding hydrogens is 370 g/mol. The van der Waals surface area contributed by atoms with Gasteiger partial charge in [-0.25, -0.2) is 9.69 Å². The Morgan fingerprint density at radius 3 is 2.66 bits per heavy atom. The zero-order valence-electron chi connectivity index (χ0n) is 16.0. The van der Waals surface area contributed by atoms with E-state index in [0.29, 0.717) is 23.6 Å². The van der Waals surface area contributed by atoms with Crippen molar-refractivity contribution in [3.63, 3.8) is 0 Å². The molecule has 1 aliphatic rings. The molecule has 2 aromatic carbocycles. The van der Waals surface area contributed by atoms with Gasteiger partial charge in [0.1, 0.15) is 24.6 Å². The highest BCUT2D eigenvalue weighted by molar-refractivity contribution is 6.15. The molecule has 7 nitrogen and oxygen atoms in total. The third kappa shape index (κ3) is 5.10. The summed E-state index contributed by atoms with van der Waals surface area (Å²) >= 11 is 0. The molecule has 0 unspecified atom stereocenters. The first-order valence-electron chi connectivity index (χ1n) is 9.01. The van der Waals surface area contributed by atoms with E-state index in [1.54, 1.807) is 48.6 Å². The minimum absolute atomic E-state index is 0.109. The summed E-state index contributed by atoms with van der Waals surface area (Å²) in [7, 11) is 0. The van der Waals surface area contributed by atoms with Gasteiger partial charge in [0.2, 0.25) is 5.91 Å². The number of carbonyl (C=O) groups is 3. The van der Waals surface area contributed by atoms with Crippen LogP contribution in [0.2, 0.25) is 0 Å². The first-order chi connectivity index (χ1) is 14.0. The van der Waals surface area contributed by atoms with Crippen LogP contribution < -0.4 is 15.4 Å². The number of amides is 4. The highest BCUT2D eigenvalue weighted by Gasteiger charge is 2.34. The number of nitrogens with zero attached hydrogens (tertiary/aromatic N) is 1. The first kappa shape index (κ1) is 19.9. The number of carbonyl (C=O) groups excluding carboxylic acids is 3. The van der Waals surface area contributed by atoms with Gasteiger partial charge >= 0.3 is 6.03 Å². The second-order valence-electron chi connectivity index (χ2n) is 6.47. The minimum atomic E-state index is -0.633. The van der Waals surface area contributed by atoms with Crippen molar-refractivity contribution in [3.8, 4) is 5.75 Å². The van der Waals surface area contributed by atoms with Crippen molar-refractivity contribution in [1.29, 1.82) is 0 Å². The van der Waals surface area contributed by atoms with Gasteiger partial charge in [0.05, 0.1) is 0 Å². The number of anilines is 1. The molecule has 3 rings (SSSR count). The summed E-state index contributed by atoms with van der Waals surface area (Å²) in [5, 5.41) is 5.19. The molecule has 148 valence electrons. The molecule has 2 aromatic rings. The zero-order chi connectivity index (χ0) is 20.8. The Morgan fingerprint density at radius 1 is 1.21 bits per heavy atom. The summed E-state index contributed by atoms with van der Waals surface area (Å²) < 4.78 is 5.41. The summed E-state index contributed by atoms with van der Waals surface area (Å²) in [5.41, 5.74) is 2.42. The van der Waals surface area contributed by atoms with Gasteiger partial charge in [-0.1, -0.05) is 36.9 Å². The maximum Gasteiger partial charge on any atom is 0.329 e. The normalized spacial score (nSPS) is 14.7. The van der Waals surface area contributed by atoms with E-state index in [4.69, 9.17) is 4.74 Å². The van der Waals surface area contributed by atoms with Crippen LogP contribution in [0.15, 0.2) is 66.9 Å². The standard InChI is InChI=1S/C22H21N3O4/c1-3-11-29-18-9-7-16(8-10-18)13-19-21(27)25(22(28)24-19)14-20(26)23-17-6-4-5-15(2)12-17/h3-10,12-13H,1,11,14H2,2H3,(H,23,26)(H,24,28)/b19-13+. The number of nitrogens with one attached hydrogen (secondary N) is 2. The lowest BCUT2D eigenvalue weighted by molar-refractivity contribution is -0.127. The highest BCUT2D eigenvalue weighted by atomic mass is 16.5. The van der Waals surface area contributed by atoms with Gasteiger partial charge in [0.15, 0.2) is 0 Å². The average molecular weight is 391 g/mol. The number of hydrogen-bond acceptors (Lipinski definition) is 4. The smallest absolute Gasteiger partial charge is 0.329 e. The van der Waals surface area contributed by atoms with E-state index >= 15 is 0 Å².